The summed E-state index contributed by atoms with van der Waals surface area (Å²) < 4.78 is 0. The van der Waals surface area contributed by atoms with Crippen LogP contribution in [-0.2, 0) is 38.4 Å². The van der Waals surface area contributed by atoms with E-state index in [1.807, 2.05) is 0 Å². The van der Waals surface area contributed by atoms with Crippen LogP contribution in [0.2, 0.25) is 0 Å². The van der Waals surface area contributed by atoms with Crippen molar-refractivity contribution < 1.29 is 38.4 Å². The molecule has 0 saturated carbocycles. The molecule has 454 valence electrons. The van der Waals surface area contributed by atoms with Crippen LogP contribution >= 0.6 is 0 Å². The summed E-state index contributed by atoms with van der Waals surface area (Å²) in [6, 6.07) is -2.93. The van der Waals surface area contributed by atoms with E-state index >= 15 is 0 Å². The Bertz CT molecular complexity index is 1590. The number of rotatable bonds is 55. The third kappa shape index (κ3) is 43.3. The number of nitrogens with two attached hydrogens (primary N) is 6. The maximum absolute atomic E-state index is 13.5. The van der Waals surface area contributed by atoms with Gasteiger partial charge in [-0.05, 0) is 181 Å². The fourth-order valence-electron chi connectivity index (χ4n) is 7.78. The van der Waals surface area contributed by atoms with Crippen molar-refractivity contribution in [1.82, 2.24) is 63.8 Å². The highest BCUT2D eigenvalue weighted by molar-refractivity contribution is 5.90. The van der Waals surface area contributed by atoms with E-state index in [0.717, 1.165) is 77.0 Å². The van der Waals surface area contributed by atoms with Crippen LogP contribution in [-0.4, -0.2) is 189 Å². The molecule has 0 rings (SSSR count). The Kier molecular flexibility index (Phi) is 49.9. The number of amides is 8. The van der Waals surface area contributed by atoms with Gasteiger partial charge in [-0.1, -0.05) is 0 Å². The molecule has 4 atom stereocenters. The molecule has 0 saturated heterocycles. The van der Waals surface area contributed by atoms with Crippen molar-refractivity contribution in [2.75, 3.05) is 118 Å². The van der Waals surface area contributed by atoms with Crippen LogP contribution in [0.4, 0.5) is 0 Å². The Labute approximate surface area is 465 Å². The number of unbranched alkanes of at least 4 members (excludes halogenated alkanes) is 9. The van der Waals surface area contributed by atoms with Gasteiger partial charge in [-0.15, -0.1) is 0 Å². The minimum absolute atomic E-state index is 0.0261. The molecule has 8 amide bonds. The molecule has 24 N–H and O–H groups in total. The Morgan fingerprint density at radius 3 is 0.564 bits per heavy atom. The van der Waals surface area contributed by atoms with Gasteiger partial charge in [-0.2, -0.15) is 0 Å². The van der Waals surface area contributed by atoms with Gasteiger partial charge in [-0.3, -0.25) is 38.4 Å². The summed E-state index contributed by atoms with van der Waals surface area (Å²) in [5, 5.41) is 35.7. The predicted molar refractivity (Wildman–Crippen MR) is 307 cm³/mol. The first-order valence-electron chi connectivity index (χ1n) is 29.2. The molecule has 0 aliphatic carbocycles. The second-order valence-electron chi connectivity index (χ2n) is 19.5. The molecule has 0 spiro atoms. The van der Waals surface area contributed by atoms with E-state index in [1.54, 1.807) is 0 Å². The summed E-state index contributed by atoms with van der Waals surface area (Å²) in [4.78, 5) is 104. The van der Waals surface area contributed by atoms with Crippen LogP contribution in [0.25, 0.3) is 0 Å². The quantitative estimate of drug-likeness (QED) is 0.0259. The normalized spacial score (nSPS) is 12.6. The SMILES string of the molecule is NCCCCNC(=O)C(CC(=O)NCCCCNC(=O)CC(NCCCCNC(=O)CC(NCCCCN)C(=O)NCCCCN)C(=O)NCCCCNC(=O)CC(NCCCCN)C(=O)NCCCCN)NCCCCN. The fraction of sp³-hybridized carbons (Fsp3) is 0.846. The highest BCUT2D eigenvalue weighted by atomic mass is 16.2. The highest BCUT2D eigenvalue weighted by Crippen LogP contribution is 2.02. The minimum atomic E-state index is -0.862. The predicted octanol–water partition coefficient (Wildman–Crippen LogP) is -3.92. The van der Waals surface area contributed by atoms with Gasteiger partial charge < -0.3 is 98.2 Å². The molecule has 0 aromatic rings. The summed E-state index contributed by atoms with van der Waals surface area (Å²) in [7, 11) is 0. The molecule has 0 bridgehead atoms. The lowest BCUT2D eigenvalue weighted by Gasteiger charge is -2.19. The molecule has 0 heterocycles. The molecule has 0 fully saturated rings. The summed E-state index contributed by atoms with van der Waals surface area (Å²) in [5.74, 6) is -2.26. The summed E-state index contributed by atoms with van der Waals surface area (Å²) >= 11 is 0. The Morgan fingerprint density at radius 2 is 0.372 bits per heavy atom. The highest BCUT2D eigenvalue weighted by Gasteiger charge is 2.25. The van der Waals surface area contributed by atoms with Gasteiger partial charge in [0.15, 0.2) is 0 Å². The third-order valence-electron chi connectivity index (χ3n) is 12.5. The van der Waals surface area contributed by atoms with Crippen LogP contribution in [0.5, 0.6) is 0 Å². The fourth-order valence-corrected chi connectivity index (χ4v) is 7.78. The van der Waals surface area contributed by atoms with Gasteiger partial charge in [0.25, 0.3) is 0 Å². The van der Waals surface area contributed by atoms with E-state index < -0.39 is 24.2 Å². The van der Waals surface area contributed by atoms with Gasteiger partial charge in [0.1, 0.15) is 0 Å². The molecule has 26 heteroatoms. The van der Waals surface area contributed by atoms with E-state index in [4.69, 9.17) is 34.4 Å². The van der Waals surface area contributed by atoms with Gasteiger partial charge in [0.05, 0.1) is 49.9 Å². The molecular weight excluding hydrogens is 1000 g/mol. The molecule has 0 aliphatic heterocycles. The lowest BCUT2D eigenvalue weighted by atomic mass is 10.1. The zero-order chi connectivity index (χ0) is 57.7. The van der Waals surface area contributed by atoms with Gasteiger partial charge in [-0.25, -0.2) is 0 Å². The molecule has 0 aromatic heterocycles. The maximum atomic E-state index is 13.5. The average Bonchev–Trinajstić information content (AvgIpc) is 3.42. The van der Waals surface area contributed by atoms with Gasteiger partial charge in [0.2, 0.25) is 47.3 Å². The number of carbonyl (C=O) groups is 8. The first-order chi connectivity index (χ1) is 37.9. The van der Waals surface area contributed by atoms with E-state index in [0.29, 0.717) is 156 Å². The van der Waals surface area contributed by atoms with Crippen LogP contribution in [0, 0.1) is 0 Å². The number of nitrogens with one attached hydrogen (secondary N) is 12. The Balaban J connectivity index is 5.33. The van der Waals surface area contributed by atoms with Crippen LogP contribution in [0.1, 0.15) is 141 Å². The second kappa shape index (κ2) is 53.0. The zero-order valence-electron chi connectivity index (χ0n) is 47.3. The Hall–Kier alpha value is -4.64. The number of hydrogen-bond acceptors (Lipinski definition) is 18. The maximum Gasteiger partial charge on any atom is 0.237 e. The van der Waals surface area contributed by atoms with Crippen molar-refractivity contribution in [2.24, 2.45) is 34.4 Å². The molecule has 0 radical (unpaired) electrons. The van der Waals surface area contributed by atoms with E-state index in [2.05, 4.69) is 63.8 Å². The first kappa shape index (κ1) is 73.4. The van der Waals surface area contributed by atoms with Crippen LogP contribution in [0.3, 0.4) is 0 Å². The molecule has 26 nitrogen and oxygen atoms in total. The van der Waals surface area contributed by atoms with E-state index in [-0.39, 0.29) is 72.9 Å². The van der Waals surface area contributed by atoms with Crippen molar-refractivity contribution in [2.45, 2.75) is 165 Å². The number of hydrogen-bond donors (Lipinski definition) is 18. The van der Waals surface area contributed by atoms with Gasteiger partial charge >= 0.3 is 0 Å². The minimum Gasteiger partial charge on any atom is -0.356 e. The summed E-state index contributed by atoms with van der Waals surface area (Å²) in [6.07, 6.45) is 12.4. The van der Waals surface area contributed by atoms with Crippen LogP contribution in [0.15, 0.2) is 0 Å². The van der Waals surface area contributed by atoms with Crippen molar-refractivity contribution in [3.05, 3.63) is 0 Å². The molecule has 0 aliphatic rings. The smallest absolute Gasteiger partial charge is 0.237 e. The van der Waals surface area contributed by atoms with E-state index in [9.17, 15) is 38.4 Å². The first-order valence-corrected chi connectivity index (χ1v) is 29.2. The topological polar surface area (TPSA) is 437 Å². The van der Waals surface area contributed by atoms with Crippen molar-refractivity contribution >= 4 is 47.3 Å². The lowest BCUT2D eigenvalue weighted by molar-refractivity contribution is -0.128. The zero-order valence-corrected chi connectivity index (χ0v) is 47.3. The van der Waals surface area contributed by atoms with Crippen LogP contribution < -0.4 is 98.2 Å². The largest absolute Gasteiger partial charge is 0.356 e. The Morgan fingerprint density at radius 1 is 0.218 bits per heavy atom. The lowest BCUT2D eigenvalue weighted by Crippen LogP contribution is -2.48. The van der Waals surface area contributed by atoms with Gasteiger partial charge in [0, 0.05) is 52.4 Å². The molecule has 4 unspecified atom stereocenters. The molecule has 78 heavy (non-hydrogen) atoms. The van der Waals surface area contributed by atoms with Crippen molar-refractivity contribution in [3.63, 3.8) is 0 Å². The third-order valence-corrected chi connectivity index (χ3v) is 12.5. The second-order valence-corrected chi connectivity index (χ2v) is 19.5. The van der Waals surface area contributed by atoms with Crippen molar-refractivity contribution in [1.29, 1.82) is 0 Å². The average molecular weight is 1110 g/mol. The van der Waals surface area contributed by atoms with E-state index in [1.165, 1.54) is 0 Å². The molecule has 0 aromatic carbocycles. The summed E-state index contributed by atoms with van der Waals surface area (Å²) in [5.41, 5.74) is 33.5. The summed E-state index contributed by atoms with van der Waals surface area (Å²) in [6.45, 7) is 8.30. The monoisotopic (exact) mass is 1110 g/mol. The standard InChI is InChI=1S/C52H108N18O8/c53-19-1-7-25-59-41(49(75)67-33-10-4-22-56)37-45(71)63-29-14-13-28-62-44(52(78)70-36-18-17-32-66-47(73)39-43(61-27-9-3-21-55)51(77)69-35-12-6-24-58)40-48(74)65-31-16-15-30-64-46(72)38-42(60-26-8-2-20-54)50(76)68-34-11-5-23-57/h41-44,59-62H,1-40,53-58H2,(H,63,71)(H,64,72)(H,65,74)(H,66,73)(H,67,75)(H,68,76)(H,69,77)(H,70,78). The van der Waals surface area contributed by atoms with Crippen molar-refractivity contribution in [3.8, 4) is 0 Å². The molecular formula is C52H108N18O8. The number of carbonyl (C=O) groups excluding carboxylic acids is 8.